The maximum Gasteiger partial charge on any atom is 0.435 e. The molecular formula is C17H18F3N5O2. The number of halogens is 3. The van der Waals surface area contributed by atoms with Crippen LogP contribution in [-0.2, 0) is 22.3 Å². The summed E-state index contributed by atoms with van der Waals surface area (Å²) in [4.78, 5) is 14.0. The molecular weight excluding hydrogens is 363 g/mol. The summed E-state index contributed by atoms with van der Waals surface area (Å²) in [5.41, 5.74) is 3.09. The zero-order valence-corrected chi connectivity index (χ0v) is 14.3. The van der Waals surface area contributed by atoms with Gasteiger partial charge in [-0.15, -0.1) is 0 Å². The molecule has 2 heterocycles. The Morgan fingerprint density at radius 2 is 1.93 bits per heavy atom. The molecule has 0 atom stereocenters. The highest BCUT2D eigenvalue weighted by Gasteiger charge is 2.33. The molecule has 0 aliphatic carbocycles. The van der Waals surface area contributed by atoms with Crippen molar-refractivity contribution >= 4 is 17.8 Å². The molecule has 1 aromatic heterocycles. The molecule has 144 valence electrons. The maximum atomic E-state index is 12.5. The molecule has 1 N–H and O–H groups in total. The van der Waals surface area contributed by atoms with E-state index in [1.165, 1.54) is 6.21 Å². The molecule has 1 amide bonds. The van der Waals surface area contributed by atoms with Gasteiger partial charge in [-0.2, -0.15) is 23.4 Å². The van der Waals surface area contributed by atoms with Crippen molar-refractivity contribution in [2.24, 2.45) is 5.10 Å². The summed E-state index contributed by atoms with van der Waals surface area (Å²) in [7, 11) is 0. The van der Waals surface area contributed by atoms with E-state index in [9.17, 15) is 18.0 Å². The van der Waals surface area contributed by atoms with Crippen molar-refractivity contribution in [1.82, 2.24) is 15.2 Å². The zero-order chi connectivity index (χ0) is 19.3. The van der Waals surface area contributed by atoms with Crippen molar-refractivity contribution in [3.05, 3.63) is 47.8 Å². The molecule has 1 fully saturated rings. The summed E-state index contributed by atoms with van der Waals surface area (Å²) in [6.45, 7) is 2.73. The summed E-state index contributed by atoms with van der Waals surface area (Å²) >= 11 is 0. The van der Waals surface area contributed by atoms with E-state index in [0.29, 0.717) is 13.2 Å². The summed E-state index contributed by atoms with van der Waals surface area (Å²) in [5.74, 6) is -0.576. The Balaban J connectivity index is 1.49. The van der Waals surface area contributed by atoms with Crippen LogP contribution in [0, 0.1) is 0 Å². The fourth-order valence-corrected chi connectivity index (χ4v) is 2.55. The molecule has 7 nitrogen and oxygen atoms in total. The van der Waals surface area contributed by atoms with Gasteiger partial charge >= 0.3 is 6.18 Å². The molecule has 1 aromatic carbocycles. The molecule has 1 aliphatic heterocycles. The van der Waals surface area contributed by atoms with Gasteiger partial charge < -0.3 is 9.64 Å². The second kappa shape index (κ2) is 8.21. The number of carbonyl (C=O) groups excluding carboxylic acids is 1. The topological polar surface area (TPSA) is 71.8 Å². The van der Waals surface area contributed by atoms with Gasteiger partial charge in [0.25, 0.3) is 5.91 Å². The first-order chi connectivity index (χ1) is 12.9. The number of amides is 1. The number of hydrazone groups is 1. The second-order valence-electron chi connectivity index (χ2n) is 5.88. The minimum absolute atomic E-state index is 0.358. The predicted octanol–water partition coefficient (Wildman–Crippen LogP) is 1.89. The molecule has 10 heteroatoms. The van der Waals surface area contributed by atoms with Gasteiger partial charge in [0.2, 0.25) is 0 Å². The normalized spacial score (nSPS) is 15.3. The fraction of sp³-hybridized carbons (Fsp3) is 0.353. The fourth-order valence-electron chi connectivity index (χ4n) is 2.55. The Hall–Kier alpha value is -2.88. The lowest BCUT2D eigenvalue weighted by Gasteiger charge is -2.28. The monoisotopic (exact) mass is 381 g/mol. The Bertz CT molecular complexity index is 796. The first-order valence-corrected chi connectivity index (χ1v) is 8.27. The van der Waals surface area contributed by atoms with Gasteiger partial charge in [0, 0.05) is 25.0 Å². The van der Waals surface area contributed by atoms with Crippen molar-refractivity contribution in [3.8, 4) is 0 Å². The van der Waals surface area contributed by atoms with Gasteiger partial charge in [0.05, 0.1) is 19.4 Å². The maximum absolute atomic E-state index is 12.5. The third-order valence-electron chi connectivity index (χ3n) is 3.91. The highest BCUT2D eigenvalue weighted by molar-refractivity contribution is 5.82. The van der Waals surface area contributed by atoms with E-state index >= 15 is 0 Å². The highest BCUT2D eigenvalue weighted by atomic mass is 19.4. The first kappa shape index (κ1) is 18.9. The Labute approximate surface area is 153 Å². The molecule has 1 saturated heterocycles. The smallest absolute Gasteiger partial charge is 0.378 e. The van der Waals surface area contributed by atoms with Gasteiger partial charge in [-0.3, -0.25) is 9.48 Å². The van der Waals surface area contributed by atoms with Crippen LogP contribution in [0.2, 0.25) is 0 Å². The summed E-state index contributed by atoms with van der Waals surface area (Å²) in [6.07, 6.45) is -1.98. The largest absolute Gasteiger partial charge is 0.435 e. The van der Waals surface area contributed by atoms with E-state index in [0.717, 1.165) is 41.3 Å². The number of aromatic nitrogens is 2. The number of carbonyl (C=O) groups is 1. The minimum atomic E-state index is -4.53. The number of ether oxygens (including phenoxy) is 1. The molecule has 0 saturated carbocycles. The Kier molecular flexibility index (Phi) is 5.75. The van der Waals surface area contributed by atoms with Crippen molar-refractivity contribution in [2.75, 3.05) is 31.2 Å². The third-order valence-corrected chi connectivity index (χ3v) is 3.91. The van der Waals surface area contributed by atoms with Crippen LogP contribution in [0.15, 0.2) is 41.6 Å². The number of anilines is 1. The minimum Gasteiger partial charge on any atom is -0.378 e. The van der Waals surface area contributed by atoms with E-state index < -0.39 is 17.8 Å². The number of morpholine rings is 1. The van der Waals surface area contributed by atoms with E-state index in [4.69, 9.17) is 4.74 Å². The van der Waals surface area contributed by atoms with Crippen LogP contribution in [0.3, 0.4) is 0 Å². The van der Waals surface area contributed by atoms with Crippen LogP contribution < -0.4 is 10.3 Å². The number of nitrogens with zero attached hydrogens (tertiary/aromatic N) is 4. The van der Waals surface area contributed by atoms with Crippen LogP contribution in [0.25, 0.3) is 0 Å². The van der Waals surface area contributed by atoms with E-state index in [2.05, 4.69) is 20.5 Å². The lowest BCUT2D eigenvalue weighted by Crippen LogP contribution is -2.36. The van der Waals surface area contributed by atoms with Crippen LogP contribution in [0.4, 0.5) is 18.9 Å². The SMILES string of the molecule is O=C(Cn1ccc(C(F)(F)F)n1)N/N=C\c1ccc(N2CCOCC2)cc1. The van der Waals surface area contributed by atoms with Crippen LogP contribution in [0.5, 0.6) is 0 Å². The van der Waals surface area contributed by atoms with Crippen molar-refractivity contribution < 1.29 is 22.7 Å². The quantitative estimate of drug-likeness (QED) is 0.634. The van der Waals surface area contributed by atoms with Crippen LogP contribution in [0.1, 0.15) is 11.3 Å². The van der Waals surface area contributed by atoms with Crippen LogP contribution >= 0.6 is 0 Å². The van der Waals surface area contributed by atoms with Gasteiger partial charge in [-0.25, -0.2) is 5.43 Å². The number of hydrogen-bond acceptors (Lipinski definition) is 5. The predicted molar refractivity (Wildman–Crippen MR) is 92.4 cm³/mol. The number of rotatable bonds is 5. The standard InChI is InChI=1S/C17H18F3N5O2/c18-17(19,20)15-5-6-25(23-15)12-16(26)22-21-11-13-1-3-14(4-2-13)24-7-9-27-10-8-24/h1-6,11H,7-10,12H2,(H,22,26)/b21-11-. The van der Waals surface area contributed by atoms with E-state index in [1.54, 1.807) is 0 Å². The summed E-state index contributed by atoms with van der Waals surface area (Å²) in [5, 5.41) is 7.12. The Morgan fingerprint density at radius 1 is 1.22 bits per heavy atom. The molecule has 0 radical (unpaired) electrons. The first-order valence-electron chi connectivity index (χ1n) is 8.27. The molecule has 1 aliphatic rings. The molecule has 3 rings (SSSR count). The van der Waals surface area contributed by atoms with Crippen molar-refractivity contribution in [1.29, 1.82) is 0 Å². The van der Waals surface area contributed by atoms with Crippen molar-refractivity contribution in [2.45, 2.75) is 12.7 Å². The molecule has 0 bridgehead atoms. The lowest BCUT2D eigenvalue weighted by atomic mass is 10.2. The van der Waals surface area contributed by atoms with Gasteiger partial charge in [0.1, 0.15) is 6.54 Å². The van der Waals surface area contributed by atoms with Crippen molar-refractivity contribution in [3.63, 3.8) is 0 Å². The average Bonchev–Trinajstić information content (AvgIpc) is 3.12. The van der Waals surface area contributed by atoms with Gasteiger partial charge in [0.15, 0.2) is 5.69 Å². The van der Waals surface area contributed by atoms with Gasteiger partial charge in [-0.05, 0) is 23.8 Å². The summed E-state index contributed by atoms with van der Waals surface area (Å²) in [6, 6.07) is 8.45. The molecule has 0 unspecified atom stereocenters. The van der Waals surface area contributed by atoms with E-state index in [1.807, 2.05) is 24.3 Å². The number of hydrogen-bond donors (Lipinski definition) is 1. The number of benzene rings is 1. The molecule has 27 heavy (non-hydrogen) atoms. The third kappa shape index (κ3) is 5.30. The Morgan fingerprint density at radius 3 is 2.56 bits per heavy atom. The summed E-state index contributed by atoms with van der Waals surface area (Å²) < 4.78 is 43.6. The second-order valence-corrected chi connectivity index (χ2v) is 5.88. The van der Waals surface area contributed by atoms with Gasteiger partial charge in [-0.1, -0.05) is 12.1 Å². The van der Waals surface area contributed by atoms with Crippen LogP contribution in [-0.4, -0.2) is 48.2 Å². The number of nitrogens with one attached hydrogen (secondary N) is 1. The number of alkyl halides is 3. The molecule has 0 spiro atoms. The average molecular weight is 381 g/mol. The zero-order valence-electron chi connectivity index (χ0n) is 14.3. The molecule has 2 aromatic rings. The van der Waals surface area contributed by atoms with E-state index in [-0.39, 0.29) is 6.54 Å². The highest BCUT2D eigenvalue weighted by Crippen LogP contribution is 2.27. The lowest BCUT2D eigenvalue weighted by molar-refractivity contribution is -0.141.